The Kier molecular flexibility index (Phi) is 7.71. The molecule has 0 saturated heterocycles. The zero-order valence-electron chi connectivity index (χ0n) is 22.8. The SMILES string of the molecule is CC(=O)CC(=O)O[C@H]1CC[C@@]2(C)C(=CC[C@H]3[C@@H]4CC[C@H]([C@H](C)CCCC(C)C)[C@@]4(C)CC[C@@H]32)C1. The topological polar surface area (TPSA) is 43.4 Å². The van der Waals surface area contributed by atoms with Crippen LogP contribution in [0, 0.1) is 46.3 Å². The van der Waals surface area contributed by atoms with Crippen molar-refractivity contribution >= 4 is 11.8 Å². The van der Waals surface area contributed by atoms with E-state index in [9.17, 15) is 9.59 Å². The minimum Gasteiger partial charge on any atom is -0.462 e. The molecule has 0 N–H and O–H groups in total. The number of carbonyl (C=O) groups excluding carboxylic acids is 2. The number of allylic oxidation sites excluding steroid dienone is 1. The summed E-state index contributed by atoms with van der Waals surface area (Å²) in [5.41, 5.74) is 2.34. The van der Waals surface area contributed by atoms with Crippen LogP contribution in [0.25, 0.3) is 0 Å². The molecule has 3 fully saturated rings. The van der Waals surface area contributed by atoms with Gasteiger partial charge >= 0.3 is 5.97 Å². The molecule has 4 aliphatic rings. The molecular weight excluding hydrogens is 420 g/mol. The monoisotopic (exact) mass is 470 g/mol. The van der Waals surface area contributed by atoms with Crippen LogP contribution >= 0.6 is 0 Å². The van der Waals surface area contributed by atoms with Crippen molar-refractivity contribution in [3.05, 3.63) is 11.6 Å². The molecule has 4 aliphatic carbocycles. The smallest absolute Gasteiger partial charge is 0.313 e. The third-order valence-corrected chi connectivity index (χ3v) is 11.0. The van der Waals surface area contributed by atoms with E-state index < -0.39 is 0 Å². The lowest BCUT2D eigenvalue weighted by molar-refractivity contribution is -0.153. The number of carbonyl (C=O) groups is 2. The Morgan fingerprint density at radius 3 is 2.50 bits per heavy atom. The lowest BCUT2D eigenvalue weighted by Crippen LogP contribution is -2.51. The molecular formula is C31H50O3. The van der Waals surface area contributed by atoms with Crippen LogP contribution in [-0.4, -0.2) is 17.9 Å². The summed E-state index contributed by atoms with van der Waals surface area (Å²) in [5, 5.41) is 0. The number of ketones is 1. The molecule has 0 aromatic carbocycles. The Morgan fingerprint density at radius 1 is 1.03 bits per heavy atom. The standard InChI is InChI=1S/C31H50O3/c1-20(2)8-7-9-21(3)26-12-13-27-25-11-10-23-19-24(34-29(33)18-22(4)32)14-16-30(23,5)28(25)15-17-31(26,27)6/h10,20-21,24-28H,7-9,11-19H2,1-6H3/t21-,24+,25+,26-,27+,28+,30+,31-/m1/s1. The maximum absolute atomic E-state index is 12.1. The number of ether oxygens (including phenoxy) is 1. The van der Waals surface area contributed by atoms with Gasteiger partial charge in [0.1, 0.15) is 18.3 Å². The zero-order chi connectivity index (χ0) is 24.7. The first-order valence-corrected chi connectivity index (χ1v) is 14.4. The van der Waals surface area contributed by atoms with Gasteiger partial charge < -0.3 is 4.74 Å². The molecule has 192 valence electrons. The molecule has 0 aromatic heterocycles. The summed E-state index contributed by atoms with van der Waals surface area (Å²) >= 11 is 0. The molecule has 4 rings (SSSR count). The largest absolute Gasteiger partial charge is 0.462 e. The Balaban J connectivity index is 1.43. The summed E-state index contributed by atoms with van der Waals surface area (Å²) in [6, 6.07) is 0. The molecule has 0 unspecified atom stereocenters. The molecule has 34 heavy (non-hydrogen) atoms. The number of hydrogen-bond donors (Lipinski definition) is 0. The average Bonchev–Trinajstić information content (AvgIpc) is 3.10. The predicted octanol–water partition coefficient (Wildman–Crippen LogP) is 7.92. The van der Waals surface area contributed by atoms with Crippen LogP contribution in [0.2, 0.25) is 0 Å². The van der Waals surface area contributed by atoms with E-state index in [1.54, 1.807) is 5.57 Å². The van der Waals surface area contributed by atoms with Crippen LogP contribution in [0.1, 0.15) is 119 Å². The van der Waals surface area contributed by atoms with Gasteiger partial charge in [0.15, 0.2) is 0 Å². The van der Waals surface area contributed by atoms with Gasteiger partial charge in [0, 0.05) is 6.42 Å². The fourth-order valence-electron chi connectivity index (χ4n) is 9.18. The summed E-state index contributed by atoms with van der Waals surface area (Å²) in [6.45, 7) is 13.9. The molecule has 0 spiro atoms. The van der Waals surface area contributed by atoms with Crippen LogP contribution in [0.3, 0.4) is 0 Å². The van der Waals surface area contributed by atoms with Crippen LogP contribution in [0.5, 0.6) is 0 Å². The third kappa shape index (κ3) is 4.92. The molecule has 8 atom stereocenters. The van der Waals surface area contributed by atoms with Gasteiger partial charge in [0.05, 0.1) is 0 Å². The maximum Gasteiger partial charge on any atom is 0.313 e. The third-order valence-electron chi connectivity index (χ3n) is 11.0. The maximum atomic E-state index is 12.1. The number of hydrogen-bond acceptors (Lipinski definition) is 3. The Morgan fingerprint density at radius 2 is 1.79 bits per heavy atom. The van der Waals surface area contributed by atoms with E-state index in [4.69, 9.17) is 4.74 Å². The summed E-state index contributed by atoms with van der Waals surface area (Å²) in [5.74, 6) is 4.63. The first-order valence-electron chi connectivity index (χ1n) is 14.4. The van der Waals surface area contributed by atoms with E-state index >= 15 is 0 Å². The fraction of sp³-hybridized carbons (Fsp3) is 0.871. The fourth-order valence-corrected chi connectivity index (χ4v) is 9.18. The van der Waals surface area contributed by atoms with Crippen molar-refractivity contribution in [1.29, 1.82) is 0 Å². The summed E-state index contributed by atoms with van der Waals surface area (Å²) in [4.78, 5) is 23.4. The van der Waals surface area contributed by atoms with Crippen molar-refractivity contribution in [2.24, 2.45) is 46.3 Å². The van der Waals surface area contributed by atoms with Crippen LogP contribution in [0.4, 0.5) is 0 Å². The van der Waals surface area contributed by atoms with Crippen molar-refractivity contribution in [3.63, 3.8) is 0 Å². The minimum absolute atomic E-state index is 0.0425. The summed E-state index contributed by atoms with van der Waals surface area (Å²) < 4.78 is 5.70. The molecule has 3 heteroatoms. The molecule has 0 bridgehead atoms. The van der Waals surface area contributed by atoms with E-state index in [1.165, 1.54) is 58.3 Å². The van der Waals surface area contributed by atoms with E-state index in [1.807, 2.05) is 0 Å². The van der Waals surface area contributed by atoms with Crippen molar-refractivity contribution in [2.45, 2.75) is 125 Å². The minimum atomic E-state index is -0.344. The average molecular weight is 471 g/mol. The molecule has 0 heterocycles. The van der Waals surface area contributed by atoms with Crippen molar-refractivity contribution in [3.8, 4) is 0 Å². The van der Waals surface area contributed by atoms with Crippen molar-refractivity contribution < 1.29 is 14.3 Å². The lowest BCUT2D eigenvalue weighted by Gasteiger charge is -2.58. The van der Waals surface area contributed by atoms with Crippen LogP contribution in [0.15, 0.2) is 11.6 Å². The second-order valence-electron chi connectivity index (χ2n) is 13.5. The van der Waals surface area contributed by atoms with Gasteiger partial charge in [0.25, 0.3) is 0 Å². The number of rotatable bonds is 8. The number of fused-ring (bicyclic) bond motifs is 5. The first kappa shape index (κ1) is 26.0. The van der Waals surface area contributed by atoms with Gasteiger partial charge in [-0.3, -0.25) is 9.59 Å². The second-order valence-corrected chi connectivity index (χ2v) is 13.5. The van der Waals surface area contributed by atoms with E-state index in [0.717, 1.165) is 54.8 Å². The highest BCUT2D eigenvalue weighted by Gasteiger charge is 2.59. The molecule has 0 aliphatic heterocycles. The number of esters is 1. The quantitative estimate of drug-likeness (QED) is 0.205. The Hall–Kier alpha value is -1.12. The molecule has 3 nitrogen and oxygen atoms in total. The molecule has 3 saturated carbocycles. The normalized spacial score (nSPS) is 40.1. The lowest BCUT2D eigenvalue weighted by atomic mass is 9.47. The van der Waals surface area contributed by atoms with E-state index in [0.29, 0.717) is 5.41 Å². The van der Waals surface area contributed by atoms with Crippen molar-refractivity contribution in [1.82, 2.24) is 0 Å². The number of Topliss-reactive ketones (excluding diaryl/α,β-unsaturated/α-hetero) is 1. The van der Waals surface area contributed by atoms with Gasteiger partial charge in [-0.05, 0) is 98.2 Å². The van der Waals surface area contributed by atoms with Gasteiger partial charge in [-0.1, -0.05) is 65.5 Å². The highest BCUT2D eigenvalue weighted by molar-refractivity contribution is 5.94. The molecule has 0 amide bonds. The van der Waals surface area contributed by atoms with E-state index in [-0.39, 0.29) is 29.7 Å². The van der Waals surface area contributed by atoms with Gasteiger partial charge in [-0.25, -0.2) is 0 Å². The molecule has 0 radical (unpaired) electrons. The van der Waals surface area contributed by atoms with E-state index in [2.05, 4.69) is 40.7 Å². The van der Waals surface area contributed by atoms with Crippen LogP contribution in [-0.2, 0) is 14.3 Å². The predicted molar refractivity (Wildman–Crippen MR) is 138 cm³/mol. The highest BCUT2D eigenvalue weighted by atomic mass is 16.5. The van der Waals surface area contributed by atoms with Gasteiger partial charge in [0.2, 0.25) is 0 Å². The van der Waals surface area contributed by atoms with Crippen molar-refractivity contribution in [2.75, 3.05) is 0 Å². The second kappa shape index (κ2) is 10.1. The summed E-state index contributed by atoms with van der Waals surface area (Å²) in [6.07, 6.45) is 16.4. The zero-order valence-corrected chi connectivity index (χ0v) is 22.8. The Bertz CT molecular complexity index is 796. The van der Waals surface area contributed by atoms with Gasteiger partial charge in [-0.15, -0.1) is 0 Å². The first-order chi connectivity index (χ1) is 16.0. The Labute approximate surface area is 208 Å². The highest BCUT2D eigenvalue weighted by Crippen LogP contribution is 2.67. The summed E-state index contributed by atoms with van der Waals surface area (Å²) in [7, 11) is 0. The van der Waals surface area contributed by atoms with Crippen LogP contribution < -0.4 is 0 Å². The molecule has 0 aromatic rings. The van der Waals surface area contributed by atoms with Gasteiger partial charge in [-0.2, -0.15) is 0 Å².